The number of benzene rings is 2. The number of allylic oxidation sites excluding steroid dienone is 1. The van der Waals surface area contributed by atoms with Gasteiger partial charge in [0.1, 0.15) is 5.75 Å². The number of alkyl halides is 2. The van der Waals surface area contributed by atoms with Crippen molar-refractivity contribution in [2.75, 3.05) is 6.61 Å². The van der Waals surface area contributed by atoms with E-state index in [1.54, 1.807) is 12.1 Å². The van der Waals surface area contributed by atoms with Gasteiger partial charge in [0, 0.05) is 0 Å². The van der Waals surface area contributed by atoms with Gasteiger partial charge in [0.15, 0.2) is 18.2 Å². The first-order valence-electron chi connectivity index (χ1n) is 12.7. The predicted molar refractivity (Wildman–Crippen MR) is 129 cm³/mol. The molecule has 35 heavy (non-hydrogen) atoms. The average Bonchev–Trinajstić information content (AvgIpc) is 2.87. The van der Waals surface area contributed by atoms with E-state index in [2.05, 4.69) is 18.2 Å². The van der Waals surface area contributed by atoms with E-state index in [0.717, 1.165) is 37.7 Å². The Morgan fingerprint density at radius 2 is 1.49 bits per heavy atom. The number of ether oxygens (including phenoxy) is 2. The molecule has 0 N–H and O–H groups in total. The maximum absolute atomic E-state index is 14.7. The lowest BCUT2D eigenvalue weighted by atomic mass is 9.78. The summed E-state index contributed by atoms with van der Waals surface area (Å²) in [6.07, 6.45) is 5.82. The van der Waals surface area contributed by atoms with Crippen molar-refractivity contribution in [2.24, 2.45) is 11.8 Å². The van der Waals surface area contributed by atoms with Crippen LogP contribution in [-0.4, -0.2) is 12.7 Å². The molecule has 0 amide bonds. The molecule has 2 aliphatic rings. The summed E-state index contributed by atoms with van der Waals surface area (Å²) in [6, 6.07) is 9.59. The third-order valence-corrected chi connectivity index (χ3v) is 7.66. The maximum Gasteiger partial charge on any atom is 0.433 e. The van der Waals surface area contributed by atoms with Gasteiger partial charge in [-0.1, -0.05) is 44.0 Å². The fourth-order valence-corrected chi connectivity index (χ4v) is 5.39. The van der Waals surface area contributed by atoms with Gasteiger partial charge in [-0.2, -0.15) is 13.2 Å². The van der Waals surface area contributed by atoms with Crippen molar-refractivity contribution >= 4 is 0 Å². The molecule has 2 aromatic carbocycles. The summed E-state index contributed by atoms with van der Waals surface area (Å²) in [5, 5.41) is 0. The van der Waals surface area contributed by atoms with Crippen LogP contribution in [0.25, 0.3) is 0 Å². The lowest BCUT2D eigenvalue weighted by molar-refractivity contribution is -0.196. The molecular weight excluding hydrogens is 456 g/mol. The van der Waals surface area contributed by atoms with Crippen molar-refractivity contribution in [1.29, 1.82) is 0 Å². The standard InChI is InChI=1S/C29H34F4O2/c1-3-20-6-10-23(11-7-20)25-16-17-26(28(31)27(25)30)35-29(32,33)18-34-24-14-12-22(13-15-24)21-8-4-19(2)5-9-21/h3,12-17,19-21,23H,1,4-11,18H2,2H3. The van der Waals surface area contributed by atoms with E-state index in [1.165, 1.54) is 24.5 Å². The van der Waals surface area contributed by atoms with Crippen LogP contribution in [0.2, 0.25) is 0 Å². The van der Waals surface area contributed by atoms with Crippen molar-refractivity contribution in [3.8, 4) is 11.5 Å². The van der Waals surface area contributed by atoms with Crippen LogP contribution >= 0.6 is 0 Å². The van der Waals surface area contributed by atoms with E-state index in [1.807, 2.05) is 18.2 Å². The van der Waals surface area contributed by atoms with Crippen LogP contribution in [0.5, 0.6) is 11.5 Å². The first kappa shape index (κ1) is 25.6. The highest BCUT2D eigenvalue weighted by molar-refractivity contribution is 5.34. The molecule has 0 spiro atoms. The normalized spacial score (nSPS) is 25.2. The minimum absolute atomic E-state index is 0.140. The van der Waals surface area contributed by atoms with E-state index >= 15 is 0 Å². The van der Waals surface area contributed by atoms with E-state index in [-0.39, 0.29) is 17.2 Å². The molecule has 0 heterocycles. The van der Waals surface area contributed by atoms with Gasteiger partial charge >= 0.3 is 6.11 Å². The van der Waals surface area contributed by atoms with Crippen LogP contribution in [0, 0.1) is 23.5 Å². The lowest BCUT2D eigenvalue weighted by Gasteiger charge is -2.27. The fourth-order valence-electron chi connectivity index (χ4n) is 5.39. The Morgan fingerprint density at radius 1 is 0.857 bits per heavy atom. The molecule has 0 radical (unpaired) electrons. The van der Waals surface area contributed by atoms with E-state index < -0.39 is 30.1 Å². The van der Waals surface area contributed by atoms with Gasteiger partial charge in [0.2, 0.25) is 5.82 Å². The molecule has 0 atom stereocenters. The van der Waals surface area contributed by atoms with Gasteiger partial charge in [-0.15, -0.1) is 6.58 Å². The molecule has 0 unspecified atom stereocenters. The quantitative estimate of drug-likeness (QED) is 0.272. The van der Waals surface area contributed by atoms with Crippen LogP contribution in [0.4, 0.5) is 17.6 Å². The van der Waals surface area contributed by atoms with Gasteiger partial charge < -0.3 is 9.47 Å². The van der Waals surface area contributed by atoms with Crippen LogP contribution < -0.4 is 9.47 Å². The second-order valence-electron chi connectivity index (χ2n) is 10.2. The van der Waals surface area contributed by atoms with Gasteiger partial charge in [0.25, 0.3) is 0 Å². The topological polar surface area (TPSA) is 18.5 Å². The van der Waals surface area contributed by atoms with E-state index in [0.29, 0.717) is 24.7 Å². The van der Waals surface area contributed by atoms with Gasteiger partial charge in [-0.25, -0.2) is 4.39 Å². The van der Waals surface area contributed by atoms with Gasteiger partial charge in [-0.3, -0.25) is 0 Å². The Bertz CT molecular complexity index is 988. The Morgan fingerprint density at radius 3 is 2.11 bits per heavy atom. The van der Waals surface area contributed by atoms with Crippen LogP contribution in [-0.2, 0) is 0 Å². The highest BCUT2D eigenvalue weighted by Crippen LogP contribution is 2.40. The summed E-state index contributed by atoms with van der Waals surface area (Å²) < 4.78 is 67.9. The minimum Gasteiger partial charge on any atom is -0.483 e. The Balaban J connectivity index is 1.34. The van der Waals surface area contributed by atoms with E-state index in [9.17, 15) is 17.6 Å². The maximum atomic E-state index is 14.7. The fraction of sp³-hybridized carbons (Fsp3) is 0.517. The molecule has 6 heteroatoms. The number of hydrogen-bond donors (Lipinski definition) is 0. The van der Waals surface area contributed by atoms with Crippen molar-refractivity contribution in [3.05, 3.63) is 71.8 Å². The smallest absolute Gasteiger partial charge is 0.433 e. The largest absolute Gasteiger partial charge is 0.483 e. The molecule has 0 bridgehead atoms. The lowest BCUT2D eigenvalue weighted by Crippen LogP contribution is -2.33. The number of rotatable bonds is 8. The second-order valence-corrected chi connectivity index (χ2v) is 10.2. The zero-order valence-corrected chi connectivity index (χ0v) is 20.3. The summed E-state index contributed by atoms with van der Waals surface area (Å²) in [4.78, 5) is 0. The molecule has 2 nitrogen and oxygen atoms in total. The first-order valence-corrected chi connectivity index (χ1v) is 12.7. The third kappa shape index (κ3) is 6.39. The molecule has 4 rings (SSSR count). The summed E-state index contributed by atoms with van der Waals surface area (Å²) in [5.41, 5.74) is 1.40. The van der Waals surface area contributed by atoms with Crippen molar-refractivity contribution in [1.82, 2.24) is 0 Å². The first-order chi connectivity index (χ1) is 16.8. The Kier molecular flexibility index (Phi) is 8.08. The SMILES string of the molecule is C=CC1CCC(c2ccc(OC(F)(F)COc3ccc(C4CCC(C)CC4)cc3)c(F)c2F)CC1. The van der Waals surface area contributed by atoms with Gasteiger partial charge in [-0.05, 0) is 91.5 Å². The molecule has 0 aliphatic heterocycles. The molecule has 2 aliphatic carbocycles. The monoisotopic (exact) mass is 490 g/mol. The highest BCUT2D eigenvalue weighted by Gasteiger charge is 2.35. The Hall–Kier alpha value is -2.50. The summed E-state index contributed by atoms with van der Waals surface area (Å²) in [7, 11) is 0. The van der Waals surface area contributed by atoms with Crippen LogP contribution in [0.3, 0.4) is 0 Å². The minimum atomic E-state index is -3.82. The average molecular weight is 491 g/mol. The summed E-state index contributed by atoms with van der Waals surface area (Å²) in [6.45, 7) is 4.94. The molecule has 190 valence electrons. The number of hydrogen-bond acceptors (Lipinski definition) is 2. The molecule has 2 aromatic rings. The Labute approximate surface area is 205 Å². The van der Waals surface area contributed by atoms with E-state index in [4.69, 9.17) is 4.74 Å². The number of halogens is 4. The second kappa shape index (κ2) is 11.0. The molecule has 2 saturated carbocycles. The van der Waals surface area contributed by atoms with Crippen LogP contribution in [0.1, 0.15) is 81.3 Å². The molecule has 0 saturated heterocycles. The summed E-state index contributed by atoms with van der Waals surface area (Å²) >= 11 is 0. The van der Waals surface area contributed by atoms with Crippen molar-refractivity contribution in [2.45, 2.75) is 76.2 Å². The molecule has 2 fully saturated rings. The zero-order valence-electron chi connectivity index (χ0n) is 20.3. The van der Waals surface area contributed by atoms with Gasteiger partial charge in [0.05, 0.1) is 0 Å². The molecular formula is C29H34F4O2. The van der Waals surface area contributed by atoms with Crippen molar-refractivity contribution < 1.29 is 27.0 Å². The molecule has 0 aromatic heterocycles. The third-order valence-electron chi connectivity index (χ3n) is 7.66. The highest BCUT2D eigenvalue weighted by atomic mass is 19.3. The zero-order chi connectivity index (χ0) is 25.0. The summed E-state index contributed by atoms with van der Waals surface area (Å²) in [5.74, 6) is -1.56. The van der Waals surface area contributed by atoms with Crippen molar-refractivity contribution in [3.63, 3.8) is 0 Å². The van der Waals surface area contributed by atoms with Crippen LogP contribution in [0.15, 0.2) is 49.1 Å². The predicted octanol–water partition coefficient (Wildman–Crippen LogP) is 8.77.